The van der Waals surface area contributed by atoms with Crippen LogP contribution >= 0.6 is 23.2 Å². The van der Waals surface area contributed by atoms with E-state index in [9.17, 15) is 9.90 Å². The Morgan fingerprint density at radius 1 is 0.933 bits per heavy atom. The van der Waals surface area contributed by atoms with Gasteiger partial charge in [-0.2, -0.15) is 5.10 Å². The number of benzene rings is 3. The van der Waals surface area contributed by atoms with Crippen LogP contribution in [0.3, 0.4) is 0 Å². The van der Waals surface area contributed by atoms with Crippen molar-refractivity contribution in [2.45, 2.75) is 5.60 Å². The van der Waals surface area contributed by atoms with E-state index in [4.69, 9.17) is 23.2 Å². The largest absolute Gasteiger partial charge is 0.372 e. The smallest absolute Gasteiger partial charge is 0.281 e. The summed E-state index contributed by atoms with van der Waals surface area (Å²) < 4.78 is 0. The summed E-state index contributed by atoms with van der Waals surface area (Å²) in [6.45, 7) is 0. The third kappa shape index (κ3) is 3.83. The molecule has 0 aliphatic carbocycles. The summed E-state index contributed by atoms with van der Waals surface area (Å²) in [6, 6.07) is 20.6. The molecule has 0 aliphatic rings. The quantitative estimate of drug-likeness (QED) is 0.307. The second-order valence-electron chi connectivity index (χ2n) is 6.71. The average Bonchev–Trinajstić information content (AvgIpc) is 3.17. The molecular weight excluding hydrogens is 421 g/mol. The zero-order valence-electron chi connectivity index (χ0n) is 15.6. The van der Waals surface area contributed by atoms with E-state index in [2.05, 4.69) is 15.5 Å². The van der Waals surface area contributed by atoms with Crippen LogP contribution in [0.5, 0.6) is 0 Å². The van der Waals surface area contributed by atoms with Gasteiger partial charge in [0.05, 0.1) is 6.21 Å². The van der Waals surface area contributed by atoms with Crippen LogP contribution in [-0.2, 0) is 10.4 Å². The third-order valence-corrected chi connectivity index (χ3v) is 5.35. The summed E-state index contributed by atoms with van der Waals surface area (Å²) in [6.07, 6.45) is 3.33. The molecule has 4 rings (SSSR count). The standard InChI is InChI=1S/C23H17Cl2N3O2/c24-18-9-5-16(6-10-18)23(30,17-7-11-19(25)12-8-17)22(29)28-27-14-15-13-26-21-4-2-1-3-20(15)21/h1-14,26,30H,(H,28,29)/b27-14+. The van der Waals surface area contributed by atoms with Crippen molar-refractivity contribution in [2.75, 3.05) is 0 Å². The Morgan fingerprint density at radius 3 is 2.10 bits per heavy atom. The Kier molecular flexibility index (Phi) is 5.59. The molecule has 7 heteroatoms. The maximum atomic E-state index is 13.1. The van der Waals surface area contributed by atoms with Crippen LogP contribution in [0.2, 0.25) is 10.0 Å². The van der Waals surface area contributed by atoms with E-state index in [1.165, 1.54) is 6.21 Å². The fourth-order valence-corrected chi connectivity index (χ4v) is 3.51. The first-order valence-corrected chi connectivity index (χ1v) is 9.88. The number of H-pyrrole nitrogens is 1. The number of rotatable bonds is 5. The Bertz CT molecular complexity index is 1170. The SMILES string of the molecule is O=C(N/N=C/c1c[nH]c2ccccc12)C(O)(c1ccc(Cl)cc1)c1ccc(Cl)cc1. The molecule has 0 unspecified atom stereocenters. The molecule has 0 atom stereocenters. The van der Waals surface area contributed by atoms with Gasteiger partial charge in [-0.25, -0.2) is 5.43 Å². The zero-order valence-corrected chi connectivity index (χ0v) is 17.2. The highest BCUT2D eigenvalue weighted by atomic mass is 35.5. The number of halogens is 2. The van der Waals surface area contributed by atoms with Gasteiger partial charge in [-0.05, 0) is 41.5 Å². The summed E-state index contributed by atoms with van der Waals surface area (Å²) in [7, 11) is 0. The molecule has 0 saturated carbocycles. The van der Waals surface area contributed by atoms with Crippen molar-refractivity contribution in [3.05, 3.63) is 106 Å². The van der Waals surface area contributed by atoms with Crippen molar-refractivity contribution >= 4 is 46.2 Å². The Morgan fingerprint density at radius 2 is 1.50 bits per heavy atom. The lowest BCUT2D eigenvalue weighted by atomic mass is 9.85. The van der Waals surface area contributed by atoms with Gasteiger partial charge in [-0.15, -0.1) is 0 Å². The molecule has 0 spiro atoms. The maximum Gasteiger partial charge on any atom is 0.281 e. The Balaban J connectivity index is 1.65. The van der Waals surface area contributed by atoms with Crippen LogP contribution in [-0.4, -0.2) is 22.2 Å². The molecule has 0 aliphatic heterocycles. The van der Waals surface area contributed by atoms with Crippen LogP contribution in [0.4, 0.5) is 0 Å². The predicted octanol–water partition coefficient (Wildman–Crippen LogP) is 4.86. The van der Waals surface area contributed by atoms with Crippen molar-refractivity contribution < 1.29 is 9.90 Å². The van der Waals surface area contributed by atoms with Gasteiger partial charge in [-0.1, -0.05) is 65.7 Å². The van der Waals surface area contributed by atoms with Gasteiger partial charge >= 0.3 is 0 Å². The van der Waals surface area contributed by atoms with Crippen LogP contribution in [0.25, 0.3) is 10.9 Å². The number of aromatic nitrogens is 1. The minimum Gasteiger partial charge on any atom is -0.372 e. The Hall–Kier alpha value is -3.12. The van der Waals surface area contributed by atoms with Crippen LogP contribution in [0.15, 0.2) is 84.1 Å². The first-order chi connectivity index (χ1) is 14.5. The van der Waals surface area contributed by atoms with E-state index in [1.54, 1.807) is 54.7 Å². The van der Waals surface area contributed by atoms with E-state index < -0.39 is 11.5 Å². The van der Waals surface area contributed by atoms with Gasteiger partial charge in [0, 0.05) is 32.7 Å². The molecule has 3 N–H and O–H groups in total. The lowest BCUT2D eigenvalue weighted by Crippen LogP contribution is -2.43. The molecule has 4 aromatic rings. The van der Waals surface area contributed by atoms with Crippen LogP contribution < -0.4 is 5.43 Å². The molecule has 150 valence electrons. The van der Waals surface area contributed by atoms with E-state index >= 15 is 0 Å². The minimum atomic E-state index is -1.98. The normalized spacial score (nSPS) is 11.8. The number of hydrogen-bond acceptors (Lipinski definition) is 3. The summed E-state index contributed by atoms with van der Waals surface area (Å²) in [5.41, 5.74) is 2.96. The molecule has 5 nitrogen and oxygen atoms in total. The third-order valence-electron chi connectivity index (χ3n) is 4.84. The lowest BCUT2D eigenvalue weighted by molar-refractivity contribution is -0.136. The van der Waals surface area contributed by atoms with E-state index in [0.29, 0.717) is 21.2 Å². The lowest BCUT2D eigenvalue weighted by Gasteiger charge is -2.27. The molecule has 1 heterocycles. The number of hydrogen-bond donors (Lipinski definition) is 3. The number of nitrogens with zero attached hydrogens (tertiary/aromatic N) is 1. The molecule has 0 saturated heterocycles. The second-order valence-corrected chi connectivity index (χ2v) is 7.59. The average molecular weight is 438 g/mol. The molecule has 1 amide bonds. The molecular formula is C23H17Cl2N3O2. The number of carbonyl (C=O) groups excluding carboxylic acids is 1. The topological polar surface area (TPSA) is 77.5 Å². The van der Waals surface area contributed by atoms with Gasteiger partial charge in [0.25, 0.3) is 5.91 Å². The monoisotopic (exact) mass is 437 g/mol. The first kappa shape index (κ1) is 20.2. The summed E-state index contributed by atoms with van der Waals surface area (Å²) in [4.78, 5) is 16.2. The summed E-state index contributed by atoms with van der Waals surface area (Å²) in [5.74, 6) is -0.705. The predicted molar refractivity (Wildman–Crippen MR) is 120 cm³/mol. The molecule has 0 bridgehead atoms. The highest BCUT2D eigenvalue weighted by Crippen LogP contribution is 2.31. The van der Waals surface area contributed by atoms with E-state index in [-0.39, 0.29) is 0 Å². The molecule has 0 fully saturated rings. The molecule has 1 aromatic heterocycles. The van der Waals surface area contributed by atoms with Crippen molar-refractivity contribution in [3.63, 3.8) is 0 Å². The molecule has 0 radical (unpaired) electrons. The number of fused-ring (bicyclic) bond motifs is 1. The van der Waals surface area contributed by atoms with Crippen molar-refractivity contribution in [1.29, 1.82) is 0 Å². The number of para-hydroxylation sites is 1. The van der Waals surface area contributed by atoms with Gasteiger partial charge in [0.2, 0.25) is 0 Å². The highest BCUT2D eigenvalue weighted by molar-refractivity contribution is 6.30. The Labute approximate surface area is 183 Å². The molecule has 3 aromatic carbocycles. The number of nitrogens with one attached hydrogen (secondary N) is 2. The highest BCUT2D eigenvalue weighted by Gasteiger charge is 2.40. The number of aromatic amines is 1. The first-order valence-electron chi connectivity index (χ1n) is 9.12. The minimum absolute atomic E-state index is 0.356. The van der Waals surface area contributed by atoms with Gasteiger partial charge in [-0.3, -0.25) is 4.79 Å². The number of carbonyl (C=O) groups is 1. The van der Waals surface area contributed by atoms with Gasteiger partial charge < -0.3 is 10.1 Å². The summed E-state index contributed by atoms with van der Waals surface area (Å²) >= 11 is 11.9. The van der Waals surface area contributed by atoms with E-state index in [0.717, 1.165) is 16.5 Å². The maximum absolute atomic E-state index is 13.1. The number of amides is 1. The fourth-order valence-electron chi connectivity index (χ4n) is 3.25. The van der Waals surface area contributed by atoms with Crippen molar-refractivity contribution in [3.8, 4) is 0 Å². The number of aliphatic hydroxyl groups is 1. The van der Waals surface area contributed by atoms with Gasteiger partial charge in [0.15, 0.2) is 5.60 Å². The summed E-state index contributed by atoms with van der Waals surface area (Å²) in [5, 5.41) is 17.5. The zero-order chi connectivity index (χ0) is 21.1. The van der Waals surface area contributed by atoms with Crippen molar-refractivity contribution in [2.24, 2.45) is 5.10 Å². The molecule has 30 heavy (non-hydrogen) atoms. The van der Waals surface area contributed by atoms with Crippen LogP contribution in [0, 0.1) is 0 Å². The van der Waals surface area contributed by atoms with Crippen molar-refractivity contribution in [1.82, 2.24) is 10.4 Å². The van der Waals surface area contributed by atoms with Gasteiger partial charge in [0.1, 0.15) is 0 Å². The second kappa shape index (κ2) is 8.32. The van der Waals surface area contributed by atoms with Crippen LogP contribution in [0.1, 0.15) is 16.7 Å². The van der Waals surface area contributed by atoms with E-state index in [1.807, 2.05) is 24.3 Å². The fraction of sp³-hybridized carbons (Fsp3) is 0.0435. The number of hydrazone groups is 1.